The molecule has 4 amide bonds. The van der Waals surface area contributed by atoms with E-state index in [1.807, 2.05) is 0 Å². The number of benzene rings is 4. The van der Waals surface area contributed by atoms with Crippen LogP contribution in [-0.4, -0.2) is 97.3 Å². The van der Waals surface area contributed by atoms with Gasteiger partial charge in [-0.15, -0.1) is 23.2 Å². The topological polar surface area (TPSA) is 249 Å². The van der Waals surface area contributed by atoms with Crippen LogP contribution in [0.3, 0.4) is 0 Å². The highest BCUT2D eigenvalue weighted by Crippen LogP contribution is 2.38. The van der Waals surface area contributed by atoms with E-state index in [4.69, 9.17) is 23.2 Å². The molecule has 0 bridgehead atoms. The first-order chi connectivity index (χ1) is 30.6. The summed E-state index contributed by atoms with van der Waals surface area (Å²) >= 11 is 11.0. The third kappa shape index (κ3) is 11.4. The van der Waals surface area contributed by atoms with Gasteiger partial charge in [-0.3, -0.25) is 53.3 Å². The third-order valence-electron chi connectivity index (χ3n) is 10.0. The van der Waals surface area contributed by atoms with Crippen LogP contribution in [0, 0.1) is 5.92 Å². The number of hydrogen-bond acceptors (Lipinski definition) is 13. The fourth-order valence-corrected chi connectivity index (χ4v) is 6.94. The minimum absolute atomic E-state index is 0. The number of carbonyl (C=O) groups is 10. The SMILES string of the molecule is C.COC(=O)[C@H](C)CCC(=O)Nc1ccc(NC(=O)CN[C@H](C)C(=O)OC)c2c1C(=O)c1ccccc1C2=O.O=C(CCl)Nc1ccc(NC(=O)CCl)c2c1C(=O)c1ccccc1C2=O. The maximum absolute atomic E-state index is 13.5. The quantitative estimate of drug-likeness (QED) is 0.0667. The van der Waals surface area contributed by atoms with Gasteiger partial charge in [-0.2, -0.15) is 0 Å². The highest BCUT2D eigenvalue weighted by molar-refractivity contribution is 6.35. The number of carbonyl (C=O) groups excluding carboxylic acids is 10. The average Bonchev–Trinajstić information content (AvgIpc) is 3.31. The first kappa shape index (κ1) is 50.6. The number of rotatable bonds is 14. The van der Waals surface area contributed by atoms with Crippen LogP contribution in [0.2, 0.25) is 0 Å². The van der Waals surface area contributed by atoms with E-state index in [0.717, 1.165) is 0 Å². The normalized spacial score (nSPS) is 12.8. The van der Waals surface area contributed by atoms with Crippen molar-refractivity contribution in [3.05, 3.63) is 117 Å². The fourth-order valence-electron chi connectivity index (χ4n) is 6.81. The van der Waals surface area contributed by atoms with Gasteiger partial charge in [-0.05, 0) is 37.6 Å². The van der Waals surface area contributed by atoms with E-state index in [2.05, 4.69) is 36.1 Å². The number of hydrogen-bond donors (Lipinski definition) is 5. The summed E-state index contributed by atoms with van der Waals surface area (Å²) in [6, 6.07) is 17.6. The Morgan fingerprint density at radius 1 is 0.508 bits per heavy atom. The number of anilines is 4. The molecular formula is C46H45Cl2N5O12. The zero-order valence-corrected chi connectivity index (χ0v) is 36.3. The molecule has 0 unspecified atom stereocenters. The smallest absolute Gasteiger partial charge is 0.322 e. The summed E-state index contributed by atoms with van der Waals surface area (Å²) in [5.74, 6) is -6.00. The largest absolute Gasteiger partial charge is 0.469 e. The van der Waals surface area contributed by atoms with Gasteiger partial charge in [0.25, 0.3) is 0 Å². The lowest BCUT2D eigenvalue weighted by atomic mass is 9.82. The first-order valence-corrected chi connectivity index (χ1v) is 20.5. The number of methoxy groups -OCH3 is 2. The summed E-state index contributed by atoms with van der Waals surface area (Å²) in [5.41, 5.74) is 1.25. The Morgan fingerprint density at radius 2 is 0.831 bits per heavy atom. The van der Waals surface area contributed by atoms with Gasteiger partial charge in [-0.1, -0.05) is 62.9 Å². The molecule has 19 heteroatoms. The van der Waals surface area contributed by atoms with Gasteiger partial charge in [0.2, 0.25) is 23.6 Å². The maximum Gasteiger partial charge on any atom is 0.322 e. The van der Waals surface area contributed by atoms with E-state index in [1.54, 1.807) is 31.2 Å². The van der Waals surface area contributed by atoms with Crippen LogP contribution in [0.4, 0.5) is 22.7 Å². The van der Waals surface area contributed by atoms with Crippen molar-refractivity contribution in [1.82, 2.24) is 5.32 Å². The Hall–Kier alpha value is -7.08. The summed E-state index contributed by atoms with van der Waals surface area (Å²) < 4.78 is 9.29. The standard InChI is InChI=1S/C27H29N3O8.C18H12Cl2N2O4.CH4/c1-14(26(35)37-3)9-12-20(31)29-18-10-11-19(30-21(32)13-28-15(2)27(36)38-4)23-22(18)24(33)16-7-5-6-8-17(16)25(23)34;19-7-13(23)21-11-5-6-12(22-14(24)8-20)16-15(11)17(25)9-3-1-2-4-10(9)18(16)26;/h5-8,10-11,14-15,28H,9,12-13H2,1-4H3,(H,29,31)(H,30,32);1-6H,7-8H2,(H,21,23)(H,22,24);1H4/t14-,15-;;/m1../s1. The van der Waals surface area contributed by atoms with Crippen LogP contribution in [0.1, 0.15) is 97.8 Å². The summed E-state index contributed by atoms with van der Waals surface area (Å²) in [5, 5.41) is 13.0. The van der Waals surface area contributed by atoms with Crippen LogP contribution < -0.4 is 26.6 Å². The zero-order valence-electron chi connectivity index (χ0n) is 34.8. The molecule has 340 valence electrons. The van der Waals surface area contributed by atoms with Gasteiger partial charge < -0.3 is 30.7 Å². The number of halogens is 2. The summed E-state index contributed by atoms with van der Waals surface area (Å²) in [6.07, 6.45) is 0.202. The molecule has 0 radical (unpaired) electrons. The molecule has 4 aromatic rings. The van der Waals surface area contributed by atoms with Gasteiger partial charge >= 0.3 is 11.9 Å². The molecule has 2 aliphatic carbocycles. The molecule has 17 nitrogen and oxygen atoms in total. The van der Waals surface area contributed by atoms with Crippen molar-refractivity contribution < 1.29 is 57.4 Å². The first-order valence-electron chi connectivity index (χ1n) is 19.5. The Kier molecular flexibility index (Phi) is 17.5. The van der Waals surface area contributed by atoms with Crippen molar-refractivity contribution in [2.24, 2.45) is 5.92 Å². The van der Waals surface area contributed by atoms with Crippen LogP contribution >= 0.6 is 23.2 Å². The minimum atomic E-state index is -0.741. The molecule has 0 saturated carbocycles. The molecule has 6 rings (SSSR count). The molecule has 5 N–H and O–H groups in total. The minimum Gasteiger partial charge on any atom is -0.469 e. The van der Waals surface area contributed by atoms with Gasteiger partial charge in [0.05, 0.1) is 71.7 Å². The maximum atomic E-state index is 13.5. The van der Waals surface area contributed by atoms with Gasteiger partial charge in [0, 0.05) is 28.7 Å². The molecule has 0 spiro atoms. The van der Waals surface area contributed by atoms with E-state index in [1.165, 1.54) is 69.7 Å². The van der Waals surface area contributed by atoms with Crippen molar-refractivity contribution in [1.29, 1.82) is 0 Å². The Balaban J connectivity index is 0.000000299. The summed E-state index contributed by atoms with van der Waals surface area (Å²) in [7, 11) is 2.50. The molecule has 65 heavy (non-hydrogen) atoms. The molecule has 0 aromatic heterocycles. The Bertz CT molecular complexity index is 2440. The highest BCUT2D eigenvalue weighted by atomic mass is 35.5. The van der Waals surface area contributed by atoms with E-state index < -0.39 is 70.7 Å². The van der Waals surface area contributed by atoms with E-state index in [0.29, 0.717) is 0 Å². The predicted octanol–water partition coefficient (Wildman–Crippen LogP) is 5.53. The molecule has 0 saturated heterocycles. The van der Waals surface area contributed by atoms with E-state index in [-0.39, 0.29) is 106 Å². The van der Waals surface area contributed by atoms with Gasteiger partial charge in [0.1, 0.15) is 17.8 Å². The van der Waals surface area contributed by atoms with Crippen LogP contribution in [-0.2, 0) is 38.2 Å². The number of esters is 2. The lowest BCUT2D eigenvalue weighted by Crippen LogP contribution is -2.40. The number of fused-ring (bicyclic) bond motifs is 4. The van der Waals surface area contributed by atoms with E-state index >= 15 is 0 Å². The van der Waals surface area contributed by atoms with Crippen LogP contribution in [0.5, 0.6) is 0 Å². The summed E-state index contributed by atoms with van der Waals surface area (Å²) in [6.45, 7) is 2.91. The van der Waals surface area contributed by atoms with E-state index in [9.17, 15) is 47.9 Å². The zero-order chi connectivity index (χ0) is 46.8. The molecule has 0 heterocycles. The third-order valence-corrected chi connectivity index (χ3v) is 10.5. The fraction of sp³-hybridized carbons (Fsp3) is 0.261. The molecular weight excluding hydrogens is 885 g/mol. The van der Waals surface area contributed by atoms with Gasteiger partial charge in [-0.25, -0.2) is 0 Å². The highest BCUT2D eigenvalue weighted by Gasteiger charge is 2.36. The second-order valence-electron chi connectivity index (χ2n) is 14.3. The second-order valence-corrected chi connectivity index (χ2v) is 14.8. The van der Waals surface area contributed by atoms with Crippen molar-refractivity contribution in [2.75, 3.05) is 53.8 Å². The van der Waals surface area contributed by atoms with Gasteiger partial charge in [0.15, 0.2) is 23.1 Å². The van der Waals surface area contributed by atoms with Crippen molar-refractivity contribution in [3.8, 4) is 0 Å². The Morgan fingerprint density at radius 3 is 1.15 bits per heavy atom. The molecule has 0 aliphatic heterocycles. The lowest BCUT2D eigenvalue weighted by molar-refractivity contribution is -0.145. The predicted molar refractivity (Wildman–Crippen MR) is 242 cm³/mol. The van der Waals surface area contributed by atoms with Crippen molar-refractivity contribution >= 4 is 105 Å². The number of amides is 4. The average molecular weight is 931 g/mol. The number of ketones is 4. The van der Waals surface area contributed by atoms with Crippen molar-refractivity contribution in [3.63, 3.8) is 0 Å². The Labute approximate surface area is 383 Å². The van der Waals surface area contributed by atoms with Crippen molar-refractivity contribution in [2.45, 2.75) is 40.2 Å². The molecule has 2 aliphatic rings. The molecule has 2 atom stereocenters. The number of nitrogens with one attached hydrogen (secondary N) is 5. The van der Waals surface area contributed by atoms with Crippen LogP contribution in [0.15, 0.2) is 72.8 Å². The second kappa shape index (κ2) is 22.5. The lowest BCUT2D eigenvalue weighted by Gasteiger charge is -2.23. The summed E-state index contributed by atoms with van der Waals surface area (Å²) in [4.78, 5) is 125. The number of alkyl halides is 2. The molecule has 4 aromatic carbocycles. The number of ether oxygens (including phenoxy) is 2. The monoisotopic (exact) mass is 929 g/mol. The molecule has 0 fully saturated rings. The van der Waals surface area contributed by atoms with Crippen LogP contribution in [0.25, 0.3) is 0 Å².